The third kappa shape index (κ3) is 4.93. The van der Waals surface area contributed by atoms with Crippen LogP contribution >= 0.6 is 23.2 Å². The van der Waals surface area contributed by atoms with Crippen LogP contribution in [0.15, 0.2) is 22.9 Å². The fourth-order valence-corrected chi connectivity index (χ4v) is 2.81. The van der Waals surface area contributed by atoms with E-state index < -0.39 is 0 Å². The first kappa shape index (κ1) is 19.4. The van der Waals surface area contributed by atoms with Crippen molar-refractivity contribution in [1.29, 1.82) is 0 Å². The summed E-state index contributed by atoms with van der Waals surface area (Å²) in [6.45, 7) is 15.4. The summed E-state index contributed by atoms with van der Waals surface area (Å²) in [6, 6.07) is 4.64. The molecule has 0 aromatic heterocycles. The molecule has 0 aliphatic rings. The van der Waals surface area contributed by atoms with Gasteiger partial charge in [-0.05, 0) is 46.9 Å². The molecule has 0 fully saturated rings. The van der Waals surface area contributed by atoms with E-state index in [9.17, 15) is 0 Å². The number of ether oxygens (including phenoxy) is 1. The second-order valence-corrected chi connectivity index (χ2v) is 7.77. The summed E-state index contributed by atoms with van der Waals surface area (Å²) in [4.78, 5) is 0. The summed E-state index contributed by atoms with van der Waals surface area (Å²) in [7, 11) is 0. The lowest BCUT2D eigenvalue weighted by molar-refractivity contribution is 0.161. The van der Waals surface area contributed by atoms with Gasteiger partial charge < -0.3 is 4.74 Å². The molecular formula is C19H28Cl2O. The summed E-state index contributed by atoms with van der Waals surface area (Å²) in [5.41, 5.74) is 5.34. The topological polar surface area (TPSA) is 9.23 Å². The van der Waals surface area contributed by atoms with Gasteiger partial charge >= 0.3 is 0 Å². The third-order valence-corrected chi connectivity index (χ3v) is 4.12. The molecule has 1 aromatic rings. The molecule has 0 spiro atoms. The molecule has 22 heavy (non-hydrogen) atoms. The summed E-state index contributed by atoms with van der Waals surface area (Å²) >= 11 is 11.4. The van der Waals surface area contributed by atoms with Crippen LogP contribution in [0.2, 0.25) is 0 Å². The Morgan fingerprint density at radius 3 is 1.64 bits per heavy atom. The SMILES string of the molecule is CC(C)c1cc(C(C)C)c([C@@H](C)OC=C(Cl)Cl)c(C(C)C)c1. The Morgan fingerprint density at radius 2 is 1.32 bits per heavy atom. The minimum atomic E-state index is -0.0801. The van der Waals surface area contributed by atoms with Gasteiger partial charge in [0.25, 0.3) is 0 Å². The predicted molar refractivity (Wildman–Crippen MR) is 98.0 cm³/mol. The number of benzene rings is 1. The fourth-order valence-electron chi connectivity index (χ4n) is 2.70. The van der Waals surface area contributed by atoms with Crippen molar-refractivity contribution in [2.75, 3.05) is 0 Å². The molecule has 1 rings (SSSR count). The summed E-state index contributed by atoms with van der Waals surface area (Å²) < 4.78 is 5.89. The molecule has 0 N–H and O–H groups in total. The van der Waals surface area contributed by atoms with E-state index in [1.807, 2.05) is 0 Å². The third-order valence-electron chi connectivity index (χ3n) is 3.94. The van der Waals surface area contributed by atoms with Crippen LogP contribution in [0.1, 0.15) is 94.6 Å². The minimum absolute atomic E-state index is 0.0801. The summed E-state index contributed by atoms with van der Waals surface area (Å²) in [5, 5.41) is 0. The van der Waals surface area contributed by atoms with Gasteiger partial charge in [-0.25, -0.2) is 0 Å². The Morgan fingerprint density at radius 1 is 0.864 bits per heavy atom. The second kappa shape index (κ2) is 8.26. The molecule has 124 valence electrons. The molecule has 0 heterocycles. The Hall–Kier alpha value is -0.660. The van der Waals surface area contributed by atoms with Gasteiger partial charge in [-0.1, -0.05) is 76.9 Å². The van der Waals surface area contributed by atoms with E-state index >= 15 is 0 Å². The maximum Gasteiger partial charge on any atom is 0.141 e. The summed E-state index contributed by atoms with van der Waals surface area (Å²) in [6.07, 6.45) is 1.33. The summed E-state index contributed by atoms with van der Waals surface area (Å²) in [5.74, 6) is 1.39. The van der Waals surface area contributed by atoms with Crippen LogP contribution in [-0.4, -0.2) is 0 Å². The van der Waals surface area contributed by atoms with Gasteiger partial charge in [0, 0.05) is 0 Å². The molecular weight excluding hydrogens is 315 g/mol. The normalized spacial score (nSPS) is 12.9. The van der Waals surface area contributed by atoms with Crippen LogP contribution in [0, 0.1) is 0 Å². The minimum Gasteiger partial charge on any atom is -0.491 e. The lowest BCUT2D eigenvalue weighted by Crippen LogP contribution is -2.10. The van der Waals surface area contributed by atoms with Gasteiger partial charge in [-0.15, -0.1) is 0 Å². The zero-order valence-electron chi connectivity index (χ0n) is 14.7. The molecule has 3 heteroatoms. The van der Waals surface area contributed by atoms with Crippen molar-refractivity contribution in [1.82, 2.24) is 0 Å². The quantitative estimate of drug-likeness (QED) is 0.489. The molecule has 0 bridgehead atoms. The molecule has 1 atom stereocenters. The first-order valence-electron chi connectivity index (χ1n) is 7.99. The zero-order valence-corrected chi connectivity index (χ0v) is 16.2. The van der Waals surface area contributed by atoms with Crippen molar-refractivity contribution < 1.29 is 4.74 Å². The number of hydrogen-bond donors (Lipinski definition) is 0. The number of hydrogen-bond acceptors (Lipinski definition) is 1. The highest BCUT2D eigenvalue weighted by Crippen LogP contribution is 2.37. The van der Waals surface area contributed by atoms with Crippen LogP contribution in [0.3, 0.4) is 0 Å². The Bertz CT molecular complexity index is 497. The van der Waals surface area contributed by atoms with Crippen molar-refractivity contribution in [3.05, 3.63) is 45.1 Å². The fraction of sp³-hybridized carbons (Fsp3) is 0.579. The first-order valence-corrected chi connectivity index (χ1v) is 8.74. The molecule has 1 aromatic carbocycles. The van der Waals surface area contributed by atoms with E-state index in [0.717, 1.165) is 0 Å². The van der Waals surface area contributed by atoms with Crippen molar-refractivity contribution in [3.63, 3.8) is 0 Å². The molecule has 0 saturated carbocycles. The molecule has 0 unspecified atom stereocenters. The van der Waals surface area contributed by atoms with E-state index in [1.54, 1.807) is 0 Å². The Labute approximate surface area is 145 Å². The van der Waals surface area contributed by atoms with Crippen molar-refractivity contribution in [2.45, 2.75) is 72.3 Å². The predicted octanol–water partition coefficient (Wildman–Crippen LogP) is 7.41. The van der Waals surface area contributed by atoms with Crippen LogP contribution in [0.25, 0.3) is 0 Å². The number of halogens is 2. The molecule has 0 radical (unpaired) electrons. The van der Waals surface area contributed by atoms with Gasteiger partial charge in [0.2, 0.25) is 0 Å². The Kier molecular flexibility index (Phi) is 7.28. The van der Waals surface area contributed by atoms with Crippen molar-refractivity contribution in [3.8, 4) is 0 Å². The molecule has 0 amide bonds. The van der Waals surface area contributed by atoms with E-state index in [0.29, 0.717) is 17.8 Å². The van der Waals surface area contributed by atoms with Crippen LogP contribution in [-0.2, 0) is 4.74 Å². The maximum absolute atomic E-state index is 5.75. The van der Waals surface area contributed by atoms with Gasteiger partial charge in [0.1, 0.15) is 16.9 Å². The standard InChI is InChI=1S/C19H28Cl2O/c1-11(2)15-8-16(12(3)4)19(17(9-15)13(5)6)14(7)22-10-18(20)21/h8-14H,1-7H3/t14-/m1/s1. The number of rotatable bonds is 6. The molecule has 0 aliphatic carbocycles. The first-order chi connectivity index (χ1) is 10.1. The van der Waals surface area contributed by atoms with Crippen LogP contribution < -0.4 is 0 Å². The van der Waals surface area contributed by atoms with Crippen LogP contribution in [0.4, 0.5) is 0 Å². The smallest absolute Gasteiger partial charge is 0.141 e. The van der Waals surface area contributed by atoms with Crippen molar-refractivity contribution >= 4 is 23.2 Å². The highest BCUT2D eigenvalue weighted by atomic mass is 35.5. The van der Waals surface area contributed by atoms with Crippen LogP contribution in [0.5, 0.6) is 0 Å². The second-order valence-electron chi connectivity index (χ2n) is 6.76. The highest BCUT2D eigenvalue weighted by molar-refractivity contribution is 6.55. The van der Waals surface area contributed by atoms with E-state index in [-0.39, 0.29) is 10.6 Å². The molecule has 0 saturated heterocycles. The lowest BCUT2D eigenvalue weighted by Gasteiger charge is -2.26. The average Bonchev–Trinajstić information content (AvgIpc) is 2.42. The van der Waals surface area contributed by atoms with Gasteiger partial charge in [-0.3, -0.25) is 0 Å². The molecule has 0 aliphatic heterocycles. The average molecular weight is 343 g/mol. The van der Waals surface area contributed by atoms with E-state index in [4.69, 9.17) is 27.9 Å². The van der Waals surface area contributed by atoms with Gasteiger partial charge in [0.15, 0.2) is 0 Å². The zero-order chi connectivity index (χ0) is 17.0. The maximum atomic E-state index is 5.75. The van der Waals surface area contributed by atoms with Crippen molar-refractivity contribution in [2.24, 2.45) is 0 Å². The van der Waals surface area contributed by atoms with E-state index in [1.165, 1.54) is 28.5 Å². The van der Waals surface area contributed by atoms with E-state index in [2.05, 4.69) is 60.6 Å². The largest absolute Gasteiger partial charge is 0.491 e. The molecule has 1 nitrogen and oxygen atoms in total. The lowest BCUT2D eigenvalue weighted by atomic mass is 9.82. The van der Waals surface area contributed by atoms with Gasteiger partial charge in [0.05, 0.1) is 0 Å². The highest BCUT2D eigenvalue weighted by Gasteiger charge is 2.21. The monoisotopic (exact) mass is 342 g/mol. The Balaban J connectivity index is 3.47. The van der Waals surface area contributed by atoms with Gasteiger partial charge in [-0.2, -0.15) is 0 Å².